The maximum absolute atomic E-state index is 13.6. The van der Waals surface area contributed by atoms with Gasteiger partial charge >= 0.3 is 0 Å². The molecule has 186 valence electrons. The molecule has 1 atom stereocenters. The van der Waals surface area contributed by atoms with Gasteiger partial charge in [0.05, 0.1) is 11.9 Å². The lowest BCUT2D eigenvalue weighted by molar-refractivity contribution is -0.140. The van der Waals surface area contributed by atoms with Crippen molar-refractivity contribution in [3.8, 4) is 0 Å². The van der Waals surface area contributed by atoms with E-state index in [1.54, 1.807) is 31.2 Å². The molecule has 34 heavy (non-hydrogen) atoms. The van der Waals surface area contributed by atoms with E-state index in [-0.39, 0.29) is 12.5 Å². The van der Waals surface area contributed by atoms with Crippen LogP contribution in [0.5, 0.6) is 0 Å². The Bertz CT molecular complexity index is 1070. The Balaban J connectivity index is 2.45. The van der Waals surface area contributed by atoms with Gasteiger partial charge in [0.2, 0.25) is 21.8 Å². The Morgan fingerprint density at radius 2 is 1.68 bits per heavy atom. The first-order chi connectivity index (χ1) is 16.1. The first-order valence-corrected chi connectivity index (χ1v) is 13.3. The van der Waals surface area contributed by atoms with Crippen LogP contribution >= 0.6 is 0 Å². The molecule has 0 bridgehead atoms. The number of anilines is 1. The number of sulfonamides is 1. The van der Waals surface area contributed by atoms with Gasteiger partial charge in [-0.3, -0.25) is 13.9 Å². The number of halogens is 1. The van der Waals surface area contributed by atoms with Gasteiger partial charge in [-0.1, -0.05) is 51.1 Å². The number of benzene rings is 2. The highest BCUT2D eigenvalue weighted by atomic mass is 32.2. The predicted molar refractivity (Wildman–Crippen MR) is 132 cm³/mol. The molecule has 1 N–H and O–H groups in total. The third kappa shape index (κ3) is 7.28. The molecule has 9 heteroatoms. The molecule has 2 amide bonds. The molecule has 2 aromatic carbocycles. The highest BCUT2D eigenvalue weighted by molar-refractivity contribution is 7.92. The monoisotopic (exact) mass is 491 g/mol. The molecule has 7 nitrogen and oxygen atoms in total. The lowest BCUT2D eigenvalue weighted by Crippen LogP contribution is -2.52. The maximum Gasteiger partial charge on any atom is 0.244 e. The van der Waals surface area contributed by atoms with Crippen molar-refractivity contribution in [3.63, 3.8) is 0 Å². The van der Waals surface area contributed by atoms with Crippen LogP contribution in [0.4, 0.5) is 10.1 Å². The summed E-state index contributed by atoms with van der Waals surface area (Å²) in [5.74, 6) is -1.23. The number of carbonyl (C=O) groups excluding carboxylic acids is 2. The summed E-state index contributed by atoms with van der Waals surface area (Å²) in [6, 6.07) is 11.9. The Morgan fingerprint density at radius 3 is 2.24 bits per heavy atom. The number of nitrogens with one attached hydrogen (secondary N) is 1. The normalized spacial score (nSPS) is 12.1. The van der Waals surface area contributed by atoms with Crippen LogP contribution in [-0.4, -0.2) is 50.5 Å². The molecule has 0 spiro atoms. The van der Waals surface area contributed by atoms with E-state index in [4.69, 9.17) is 0 Å². The van der Waals surface area contributed by atoms with E-state index in [1.807, 2.05) is 26.0 Å². The maximum atomic E-state index is 13.6. The first-order valence-electron chi connectivity index (χ1n) is 11.5. The highest BCUT2D eigenvalue weighted by Crippen LogP contribution is 2.24. The van der Waals surface area contributed by atoms with Crippen molar-refractivity contribution in [2.45, 2.75) is 52.6 Å². The lowest BCUT2D eigenvalue weighted by Gasteiger charge is -2.33. The second-order valence-electron chi connectivity index (χ2n) is 8.12. The largest absolute Gasteiger partial charge is 0.354 e. The van der Waals surface area contributed by atoms with E-state index in [9.17, 15) is 22.4 Å². The van der Waals surface area contributed by atoms with Gasteiger partial charge in [-0.25, -0.2) is 12.8 Å². The average Bonchev–Trinajstić information content (AvgIpc) is 2.81. The van der Waals surface area contributed by atoms with Crippen molar-refractivity contribution in [1.29, 1.82) is 0 Å². The predicted octanol–water partition coefficient (Wildman–Crippen LogP) is 3.49. The van der Waals surface area contributed by atoms with Gasteiger partial charge in [0, 0.05) is 13.1 Å². The summed E-state index contributed by atoms with van der Waals surface area (Å²) in [6.07, 6.45) is 2.73. The topological polar surface area (TPSA) is 86.8 Å². The zero-order chi connectivity index (χ0) is 25.3. The summed E-state index contributed by atoms with van der Waals surface area (Å²) >= 11 is 0. The third-order valence-electron chi connectivity index (χ3n) is 5.52. The van der Waals surface area contributed by atoms with Gasteiger partial charge < -0.3 is 10.2 Å². The van der Waals surface area contributed by atoms with Crippen LogP contribution in [0.1, 0.15) is 44.7 Å². The molecular weight excluding hydrogens is 457 g/mol. The van der Waals surface area contributed by atoms with E-state index in [2.05, 4.69) is 5.32 Å². The number of hydrogen-bond donors (Lipinski definition) is 1. The van der Waals surface area contributed by atoms with Crippen LogP contribution in [0.2, 0.25) is 0 Å². The molecule has 0 aliphatic carbocycles. The van der Waals surface area contributed by atoms with Crippen LogP contribution in [0, 0.1) is 5.82 Å². The summed E-state index contributed by atoms with van der Waals surface area (Å²) < 4.78 is 39.9. The summed E-state index contributed by atoms with van der Waals surface area (Å²) in [7, 11) is -3.79. The number of nitrogens with zero attached hydrogens (tertiary/aromatic N) is 2. The molecule has 0 saturated carbocycles. The number of amides is 2. The second-order valence-corrected chi connectivity index (χ2v) is 10.0. The van der Waals surface area contributed by atoms with E-state index in [0.717, 1.165) is 22.5 Å². The Kier molecular flexibility index (Phi) is 10.0. The molecule has 0 saturated heterocycles. The van der Waals surface area contributed by atoms with Crippen LogP contribution < -0.4 is 9.62 Å². The van der Waals surface area contributed by atoms with Crippen molar-refractivity contribution in [2.24, 2.45) is 0 Å². The number of rotatable bonds is 12. The van der Waals surface area contributed by atoms with Gasteiger partial charge in [-0.2, -0.15) is 0 Å². The molecule has 0 unspecified atom stereocenters. The molecule has 0 radical (unpaired) electrons. The quantitative estimate of drug-likeness (QED) is 0.492. The van der Waals surface area contributed by atoms with Crippen molar-refractivity contribution in [2.75, 3.05) is 23.7 Å². The molecule has 0 aliphatic heterocycles. The number of carbonyl (C=O) groups is 2. The molecule has 0 aliphatic rings. The van der Waals surface area contributed by atoms with Crippen molar-refractivity contribution < 1.29 is 22.4 Å². The fraction of sp³-hybridized carbons (Fsp3) is 0.440. The van der Waals surface area contributed by atoms with Crippen LogP contribution in [-0.2, 0) is 32.6 Å². The first kappa shape index (κ1) is 27.3. The fourth-order valence-electron chi connectivity index (χ4n) is 3.72. The van der Waals surface area contributed by atoms with E-state index in [0.29, 0.717) is 30.6 Å². The average molecular weight is 492 g/mol. The summed E-state index contributed by atoms with van der Waals surface area (Å²) in [6.45, 7) is 5.69. The summed E-state index contributed by atoms with van der Waals surface area (Å²) in [5, 5.41) is 2.82. The highest BCUT2D eigenvalue weighted by Gasteiger charge is 2.32. The number of hydrogen-bond acceptors (Lipinski definition) is 4. The standard InChI is InChI=1S/C25H34FN3O4S/c1-5-16-27-25(31)22(7-3)28(17-19-12-14-21(26)15-13-19)24(30)18-29(34(4,32)33)23-11-9-8-10-20(23)6-2/h8-15,22H,5-7,16-18H2,1-4H3,(H,27,31)/t22-/m0/s1. The van der Waals surface area contributed by atoms with Crippen LogP contribution in [0.3, 0.4) is 0 Å². The smallest absolute Gasteiger partial charge is 0.244 e. The minimum Gasteiger partial charge on any atom is -0.354 e. The van der Waals surface area contributed by atoms with Gasteiger partial charge in [0.25, 0.3) is 0 Å². The molecule has 2 aromatic rings. The van der Waals surface area contributed by atoms with E-state index in [1.165, 1.54) is 17.0 Å². The zero-order valence-corrected chi connectivity index (χ0v) is 21.1. The second kappa shape index (κ2) is 12.5. The SMILES string of the molecule is CCCNC(=O)[C@H](CC)N(Cc1ccc(F)cc1)C(=O)CN(c1ccccc1CC)S(C)(=O)=O. The minimum absolute atomic E-state index is 0.0458. The van der Waals surface area contributed by atoms with Crippen LogP contribution in [0.25, 0.3) is 0 Å². The summed E-state index contributed by atoms with van der Waals surface area (Å²) in [4.78, 5) is 27.8. The third-order valence-corrected chi connectivity index (χ3v) is 6.65. The number of aryl methyl sites for hydroxylation is 1. The Morgan fingerprint density at radius 1 is 1.03 bits per heavy atom. The minimum atomic E-state index is -3.79. The van der Waals surface area contributed by atoms with Gasteiger partial charge in [0.15, 0.2) is 0 Å². The van der Waals surface area contributed by atoms with Gasteiger partial charge in [-0.15, -0.1) is 0 Å². The van der Waals surface area contributed by atoms with Crippen molar-refractivity contribution in [1.82, 2.24) is 10.2 Å². The van der Waals surface area contributed by atoms with Gasteiger partial charge in [0.1, 0.15) is 18.4 Å². The zero-order valence-electron chi connectivity index (χ0n) is 20.3. The van der Waals surface area contributed by atoms with Crippen LogP contribution in [0.15, 0.2) is 48.5 Å². The van der Waals surface area contributed by atoms with Crippen molar-refractivity contribution in [3.05, 3.63) is 65.5 Å². The molecule has 2 rings (SSSR count). The van der Waals surface area contributed by atoms with E-state index < -0.39 is 34.3 Å². The van der Waals surface area contributed by atoms with Crippen molar-refractivity contribution >= 4 is 27.5 Å². The van der Waals surface area contributed by atoms with Gasteiger partial charge in [-0.05, 0) is 48.6 Å². The van der Waals surface area contributed by atoms with E-state index >= 15 is 0 Å². The molecular formula is C25H34FN3O4S. The molecule has 0 heterocycles. The number of para-hydroxylation sites is 1. The molecule has 0 aromatic heterocycles. The summed E-state index contributed by atoms with van der Waals surface area (Å²) in [5.41, 5.74) is 1.86. The Labute approximate surface area is 202 Å². The Hall–Kier alpha value is -2.94. The molecule has 0 fully saturated rings. The fourth-order valence-corrected chi connectivity index (χ4v) is 4.60. The lowest BCUT2D eigenvalue weighted by atomic mass is 10.1.